The molecule has 0 fully saturated rings. The second kappa shape index (κ2) is 6.33. The molecule has 0 aliphatic carbocycles. The molecule has 0 saturated carbocycles. The average molecular weight is 349 g/mol. The van der Waals surface area contributed by atoms with Gasteiger partial charge in [0.15, 0.2) is 0 Å². The minimum Gasteiger partial charge on any atom is -0.313 e. The summed E-state index contributed by atoms with van der Waals surface area (Å²) in [5, 5.41) is 2.01. The van der Waals surface area contributed by atoms with E-state index in [1.807, 2.05) is 53.6 Å². The summed E-state index contributed by atoms with van der Waals surface area (Å²) in [7, 11) is 0. The molecule has 2 amide bonds. The van der Waals surface area contributed by atoms with Gasteiger partial charge in [0.2, 0.25) is 0 Å². The number of hydrogen-bond acceptors (Lipinski definition) is 3. The molecule has 3 aromatic rings. The van der Waals surface area contributed by atoms with E-state index in [-0.39, 0.29) is 12.1 Å². The summed E-state index contributed by atoms with van der Waals surface area (Å²) in [5.41, 5.74) is 3.11. The number of urea groups is 1. The summed E-state index contributed by atoms with van der Waals surface area (Å²) < 4.78 is 0. The van der Waals surface area contributed by atoms with Gasteiger partial charge in [-0.05, 0) is 36.9 Å². The van der Waals surface area contributed by atoms with Crippen LogP contribution >= 0.6 is 11.3 Å². The van der Waals surface area contributed by atoms with Gasteiger partial charge in [-0.3, -0.25) is 0 Å². The molecule has 25 heavy (non-hydrogen) atoms. The molecule has 2 aromatic heterocycles. The van der Waals surface area contributed by atoms with Crippen LogP contribution in [0.4, 0.5) is 16.3 Å². The number of rotatable bonds is 3. The van der Waals surface area contributed by atoms with Crippen LogP contribution in [0, 0.1) is 6.92 Å². The topological polar surface area (TPSA) is 36.4 Å². The van der Waals surface area contributed by atoms with Gasteiger partial charge in [-0.25, -0.2) is 14.7 Å². The molecule has 4 nitrogen and oxygen atoms in total. The van der Waals surface area contributed by atoms with Crippen molar-refractivity contribution in [3.63, 3.8) is 0 Å². The van der Waals surface area contributed by atoms with Gasteiger partial charge in [-0.15, -0.1) is 11.3 Å². The molecular weight excluding hydrogens is 330 g/mol. The van der Waals surface area contributed by atoms with Crippen LogP contribution in [0.2, 0.25) is 0 Å². The molecule has 4 rings (SSSR count). The van der Waals surface area contributed by atoms with Crippen LogP contribution in [-0.2, 0) is 6.54 Å². The van der Waals surface area contributed by atoms with Crippen molar-refractivity contribution >= 4 is 28.9 Å². The third-order valence-electron chi connectivity index (χ3n) is 4.68. The van der Waals surface area contributed by atoms with Crippen molar-refractivity contribution in [1.82, 2.24) is 9.88 Å². The van der Waals surface area contributed by atoms with Crippen LogP contribution in [-0.4, -0.2) is 15.9 Å². The Morgan fingerprint density at radius 1 is 1.12 bits per heavy atom. The maximum absolute atomic E-state index is 13.4. The fourth-order valence-electron chi connectivity index (χ4n) is 3.27. The fraction of sp³-hybridized carbons (Fsp3) is 0.200. The van der Waals surface area contributed by atoms with Gasteiger partial charge in [0.25, 0.3) is 0 Å². The Morgan fingerprint density at radius 2 is 1.92 bits per heavy atom. The van der Waals surface area contributed by atoms with Crippen LogP contribution in [0.1, 0.15) is 29.0 Å². The quantitative estimate of drug-likeness (QED) is 0.644. The molecule has 126 valence electrons. The molecule has 1 aliphatic heterocycles. The van der Waals surface area contributed by atoms with E-state index in [9.17, 15) is 4.79 Å². The summed E-state index contributed by atoms with van der Waals surface area (Å²) in [6, 6.07) is 16.1. The van der Waals surface area contributed by atoms with Crippen molar-refractivity contribution in [2.75, 3.05) is 4.90 Å². The van der Waals surface area contributed by atoms with E-state index < -0.39 is 0 Å². The predicted octanol–water partition coefficient (Wildman–Crippen LogP) is 5.29. The minimum atomic E-state index is -0.0240. The molecule has 0 radical (unpaired) electrons. The second-order valence-electron chi connectivity index (χ2n) is 6.18. The fourth-order valence-corrected chi connectivity index (χ4v) is 3.95. The summed E-state index contributed by atoms with van der Waals surface area (Å²) in [4.78, 5) is 22.6. The first kappa shape index (κ1) is 15.8. The molecule has 0 N–H and O–H groups in total. The van der Waals surface area contributed by atoms with Gasteiger partial charge in [0.1, 0.15) is 5.82 Å². The van der Waals surface area contributed by atoms with Crippen LogP contribution in [0.5, 0.6) is 0 Å². The lowest BCUT2D eigenvalue weighted by Crippen LogP contribution is -2.46. The zero-order valence-corrected chi connectivity index (χ0v) is 15.0. The van der Waals surface area contributed by atoms with Crippen LogP contribution in [0.3, 0.4) is 0 Å². The van der Waals surface area contributed by atoms with Gasteiger partial charge in [-0.2, -0.15) is 0 Å². The molecule has 0 bridgehead atoms. The van der Waals surface area contributed by atoms with Gasteiger partial charge >= 0.3 is 6.03 Å². The van der Waals surface area contributed by atoms with Gasteiger partial charge in [0.05, 0.1) is 18.3 Å². The Bertz CT molecular complexity index is 906. The van der Waals surface area contributed by atoms with Crippen LogP contribution < -0.4 is 4.90 Å². The molecule has 5 heteroatoms. The highest BCUT2D eigenvalue weighted by Crippen LogP contribution is 2.39. The summed E-state index contributed by atoms with van der Waals surface area (Å²) >= 11 is 1.64. The van der Waals surface area contributed by atoms with E-state index in [1.54, 1.807) is 22.4 Å². The standard InChI is InChI=1S/C20H19N3OS/c1-14(16-7-4-3-5-8-16)22-13-17-9-6-11-21-19(17)23(20(22)24)18-10-12-25-15(18)2/h3-12,14H,13H2,1-2H3. The van der Waals surface area contributed by atoms with Gasteiger partial charge < -0.3 is 4.90 Å². The number of thiophene rings is 1. The number of fused-ring (bicyclic) bond motifs is 1. The van der Waals surface area contributed by atoms with Gasteiger partial charge in [0, 0.05) is 16.6 Å². The lowest BCUT2D eigenvalue weighted by Gasteiger charge is -2.39. The monoisotopic (exact) mass is 349 g/mol. The third-order valence-corrected chi connectivity index (χ3v) is 5.51. The largest absolute Gasteiger partial charge is 0.331 e. The van der Waals surface area contributed by atoms with Crippen LogP contribution in [0.15, 0.2) is 60.1 Å². The first-order valence-corrected chi connectivity index (χ1v) is 9.18. The number of amides is 2. The van der Waals surface area contributed by atoms with E-state index in [0.717, 1.165) is 27.5 Å². The number of pyridine rings is 1. The number of carbonyl (C=O) groups excluding carboxylic acids is 1. The molecule has 1 atom stereocenters. The van der Waals surface area contributed by atoms with Crippen LogP contribution in [0.25, 0.3) is 0 Å². The molecule has 0 saturated heterocycles. The van der Waals surface area contributed by atoms with Crippen molar-refractivity contribution in [3.05, 3.63) is 76.1 Å². The highest BCUT2D eigenvalue weighted by atomic mass is 32.1. The molecule has 3 heterocycles. The molecule has 1 aliphatic rings. The number of aromatic nitrogens is 1. The Morgan fingerprint density at radius 3 is 2.64 bits per heavy atom. The molecular formula is C20H19N3OS. The van der Waals surface area contributed by atoms with Crippen molar-refractivity contribution in [1.29, 1.82) is 0 Å². The molecule has 1 unspecified atom stereocenters. The Kier molecular flexibility index (Phi) is 4.01. The first-order chi connectivity index (χ1) is 12.2. The lowest BCUT2D eigenvalue weighted by molar-refractivity contribution is 0.180. The number of anilines is 2. The maximum Gasteiger partial charge on any atom is 0.331 e. The number of aryl methyl sites for hydroxylation is 1. The average Bonchev–Trinajstić information content (AvgIpc) is 3.07. The smallest absolute Gasteiger partial charge is 0.313 e. The summed E-state index contributed by atoms with van der Waals surface area (Å²) in [5.74, 6) is 0.741. The molecule has 0 spiro atoms. The Labute approximate surface area is 151 Å². The van der Waals surface area contributed by atoms with E-state index in [0.29, 0.717) is 6.54 Å². The first-order valence-electron chi connectivity index (χ1n) is 8.30. The number of nitrogens with zero attached hydrogens (tertiary/aromatic N) is 3. The SMILES string of the molecule is Cc1sccc1N1C(=O)N(C(C)c2ccccc2)Cc2cccnc21. The second-order valence-corrected chi connectivity index (χ2v) is 7.30. The van der Waals surface area contributed by atoms with E-state index >= 15 is 0 Å². The number of hydrogen-bond donors (Lipinski definition) is 0. The number of carbonyl (C=O) groups is 1. The zero-order chi connectivity index (χ0) is 17.4. The number of benzene rings is 1. The normalized spacial score (nSPS) is 15.2. The van der Waals surface area contributed by atoms with E-state index in [1.165, 1.54) is 0 Å². The van der Waals surface area contributed by atoms with Gasteiger partial charge in [-0.1, -0.05) is 36.4 Å². The van der Waals surface area contributed by atoms with Crippen molar-refractivity contribution in [3.8, 4) is 0 Å². The summed E-state index contributed by atoms with van der Waals surface area (Å²) in [6.45, 7) is 4.68. The maximum atomic E-state index is 13.4. The van der Waals surface area contributed by atoms with Crippen molar-refractivity contribution < 1.29 is 4.79 Å². The highest BCUT2D eigenvalue weighted by Gasteiger charge is 2.36. The minimum absolute atomic E-state index is 0.0107. The van der Waals surface area contributed by atoms with Crippen molar-refractivity contribution in [2.24, 2.45) is 0 Å². The zero-order valence-electron chi connectivity index (χ0n) is 14.2. The molecule has 1 aromatic carbocycles. The van der Waals surface area contributed by atoms with E-state index in [4.69, 9.17) is 0 Å². The highest BCUT2D eigenvalue weighted by molar-refractivity contribution is 7.10. The Hall–Kier alpha value is -2.66. The Balaban J connectivity index is 1.80. The van der Waals surface area contributed by atoms with Crippen molar-refractivity contribution in [2.45, 2.75) is 26.4 Å². The van der Waals surface area contributed by atoms with E-state index in [2.05, 4.69) is 24.0 Å². The predicted molar refractivity (Wildman–Crippen MR) is 101 cm³/mol. The third kappa shape index (κ3) is 2.70. The summed E-state index contributed by atoms with van der Waals surface area (Å²) in [6.07, 6.45) is 1.75. The lowest BCUT2D eigenvalue weighted by atomic mass is 10.0.